The summed E-state index contributed by atoms with van der Waals surface area (Å²) in [7, 11) is -2.50. The minimum atomic E-state index is -2.50. The van der Waals surface area contributed by atoms with Gasteiger partial charge in [-0.2, -0.15) is 0 Å². The molecule has 0 saturated carbocycles. The molecular formula is C24H35NO3Si. The Morgan fingerprint density at radius 3 is 1.90 bits per heavy atom. The molecule has 0 aromatic heterocycles. The number of carboxylic acids is 1. The highest BCUT2D eigenvalue weighted by Crippen LogP contribution is 2.36. The maximum atomic E-state index is 10.8. The normalized spacial score (nSPS) is 12.3. The van der Waals surface area contributed by atoms with Crippen LogP contribution in [0.2, 0.25) is 5.04 Å². The van der Waals surface area contributed by atoms with Gasteiger partial charge < -0.3 is 14.4 Å². The number of carbonyl (C=O) groups is 1. The molecule has 2 rings (SSSR count). The molecule has 29 heavy (non-hydrogen) atoms. The molecule has 0 bridgehead atoms. The molecule has 0 aliphatic carbocycles. The van der Waals surface area contributed by atoms with E-state index in [1.54, 1.807) is 0 Å². The summed E-state index contributed by atoms with van der Waals surface area (Å²) in [6.45, 7) is 12.1. The van der Waals surface area contributed by atoms with Crippen LogP contribution in [0.15, 0.2) is 60.7 Å². The Balaban J connectivity index is 2.26. The SMILES string of the molecule is CCN(CCCC(=O)O)CCO[Si](c1ccccc1)(c1ccccc1)C(C)(C)C. The Hall–Kier alpha value is -1.95. The van der Waals surface area contributed by atoms with Crippen LogP contribution < -0.4 is 10.4 Å². The van der Waals surface area contributed by atoms with Crippen molar-refractivity contribution in [2.24, 2.45) is 0 Å². The summed E-state index contributed by atoms with van der Waals surface area (Å²) in [5.74, 6) is -0.732. The highest BCUT2D eigenvalue weighted by atomic mass is 28.4. The largest absolute Gasteiger partial charge is 0.481 e. The molecule has 5 heteroatoms. The summed E-state index contributed by atoms with van der Waals surface area (Å²) in [6.07, 6.45) is 0.883. The molecule has 2 aromatic rings. The van der Waals surface area contributed by atoms with Crippen LogP contribution in [0.4, 0.5) is 0 Å². The molecule has 0 amide bonds. The fourth-order valence-electron chi connectivity index (χ4n) is 3.97. The van der Waals surface area contributed by atoms with Crippen LogP contribution >= 0.6 is 0 Å². The van der Waals surface area contributed by atoms with E-state index < -0.39 is 14.3 Å². The average Bonchev–Trinajstić information content (AvgIpc) is 2.70. The molecule has 0 heterocycles. The number of benzene rings is 2. The van der Waals surface area contributed by atoms with Crippen LogP contribution in [-0.2, 0) is 9.22 Å². The maximum Gasteiger partial charge on any atom is 0.303 e. The van der Waals surface area contributed by atoms with Gasteiger partial charge in [-0.1, -0.05) is 88.4 Å². The zero-order valence-electron chi connectivity index (χ0n) is 18.2. The standard InChI is InChI=1S/C24H35NO3Si/c1-5-25(18-12-17-23(26)27)19-20-28-29(24(2,3)4,21-13-8-6-9-14-21)22-15-10-7-11-16-22/h6-11,13-16H,5,12,17-20H2,1-4H3,(H,26,27). The molecule has 0 saturated heterocycles. The van der Waals surface area contributed by atoms with Crippen LogP contribution in [0.25, 0.3) is 0 Å². The minimum absolute atomic E-state index is 0.0317. The lowest BCUT2D eigenvalue weighted by Gasteiger charge is -2.43. The van der Waals surface area contributed by atoms with Gasteiger partial charge in [0.15, 0.2) is 0 Å². The lowest BCUT2D eigenvalue weighted by Crippen LogP contribution is -2.67. The Labute approximate surface area is 176 Å². The summed E-state index contributed by atoms with van der Waals surface area (Å²) in [5.41, 5.74) is 0. The van der Waals surface area contributed by atoms with Crippen molar-refractivity contribution >= 4 is 24.7 Å². The molecule has 0 unspecified atom stereocenters. The third-order valence-electron chi connectivity index (χ3n) is 5.46. The molecule has 2 aromatic carbocycles. The Kier molecular flexibility index (Phi) is 8.62. The van der Waals surface area contributed by atoms with Gasteiger partial charge in [0.2, 0.25) is 0 Å². The maximum absolute atomic E-state index is 10.8. The highest BCUT2D eigenvalue weighted by Gasteiger charge is 2.50. The number of aliphatic carboxylic acids is 1. The van der Waals surface area contributed by atoms with Crippen molar-refractivity contribution in [1.82, 2.24) is 4.90 Å². The molecule has 4 nitrogen and oxygen atoms in total. The summed E-state index contributed by atoms with van der Waals surface area (Å²) in [5, 5.41) is 11.4. The van der Waals surface area contributed by atoms with Crippen molar-refractivity contribution in [1.29, 1.82) is 0 Å². The van der Waals surface area contributed by atoms with Crippen LogP contribution in [0, 0.1) is 0 Å². The summed E-state index contributed by atoms with van der Waals surface area (Å²) in [6, 6.07) is 21.3. The van der Waals surface area contributed by atoms with Crippen molar-refractivity contribution in [3.63, 3.8) is 0 Å². The number of hydrogen-bond acceptors (Lipinski definition) is 3. The van der Waals surface area contributed by atoms with E-state index in [0.717, 1.165) is 19.6 Å². The number of carboxylic acid groups (broad SMARTS) is 1. The van der Waals surface area contributed by atoms with Crippen molar-refractivity contribution in [2.75, 3.05) is 26.2 Å². The zero-order valence-corrected chi connectivity index (χ0v) is 19.2. The van der Waals surface area contributed by atoms with Crippen LogP contribution in [0.5, 0.6) is 0 Å². The number of hydrogen-bond donors (Lipinski definition) is 1. The second-order valence-electron chi connectivity index (χ2n) is 8.44. The van der Waals surface area contributed by atoms with E-state index >= 15 is 0 Å². The highest BCUT2D eigenvalue weighted by molar-refractivity contribution is 6.99. The van der Waals surface area contributed by atoms with E-state index in [-0.39, 0.29) is 11.5 Å². The third kappa shape index (κ3) is 6.01. The lowest BCUT2D eigenvalue weighted by molar-refractivity contribution is -0.137. The third-order valence-corrected chi connectivity index (χ3v) is 10.5. The predicted molar refractivity (Wildman–Crippen MR) is 123 cm³/mol. The van der Waals surface area contributed by atoms with Gasteiger partial charge in [0.05, 0.1) is 0 Å². The molecule has 158 valence electrons. The zero-order chi connectivity index (χ0) is 21.3. The topological polar surface area (TPSA) is 49.8 Å². The first-order valence-corrected chi connectivity index (χ1v) is 12.4. The monoisotopic (exact) mass is 413 g/mol. The molecule has 0 fully saturated rings. The smallest absolute Gasteiger partial charge is 0.303 e. The van der Waals surface area contributed by atoms with Crippen molar-refractivity contribution in [3.8, 4) is 0 Å². The summed E-state index contributed by atoms with van der Waals surface area (Å²) >= 11 is 0. The van der Waals surface area contributed by atoms with Crippen LogP contribution in [0.3, 0.4) is 0 Å². The van der Waals surface area contributed by atoms with Gasteiger partial charge in [-0.15, -0.1) is 0 Å². The molecule has 0 radical (unpaired) electrons. The van der Waals surface area contributed by atoms with Gasteiger partial charge in [0.1, 0.15) is 0 Å². The van der Waals surface area contributed by atoms with Crippen molar-refractivity contribution < 1.29 is 14.3 Å². The van der Waals surface area contributed by atoms with Gasteiger partial charge in [-0.05, 0) is 34.9 Å². The van der Waals surface area contributed by atoms with Gasteiger partial charge in [-0.3, -0.25) is 4.79 Å². The Bertz CT molecular complexity index is 704. The summed E-state index contributed by atoms with van der Waals surface area (Å²) in [4.78, 5) is 13.1. The second-order valence-corrected chi connectivity index (χ2v) is 12.7. The number of likely N-dealkylation sites (N-methyl/N-ethyl adjacent to an activating group) is 1. The Morgan fingerprint density at radius 2 is 1.48 bits per heavy atom. The Morgan fingerprint density at radius 1 is 0.966 bits per heavy atom. The molecule has 0 aliphatic rings. The molecular weight excluding hydrogens is 378 g/mol. The lowest BCUT2D eigenvalue weighted by atomic mass is 10.2. The van der Waals surface area contributed by atoms with E-state index in [2.05, 4.69) is 93.3 Å². The van der Waals surface area contributed by atoms with Crippen molar-refractivity contribution in [3.05, 3.63) is 60.7 Å². The van der Waals surface area contributed by atoms with Gasteiger partial charge >= 0.3 is 5.97 Å². The van der Waals surface area contributed by atoms with Crippen LogP contribution in [0.1, 0.15) is 40.5 Å². The first-order chi connectivity index (χ1) is 13.8. The molecule has 0 spiro atoms. The van der Waals surface area contributed by atoms with Crippen molar-refractivity contribution in [2.45, 2.75) is 45.6 Å². The van der Waals surface area contributed by atoms with E-state index in [1.165, 1.54) is 10.4 Å². The molecule has 0 atom stereocenters. The minimum Gasteiger partial charge on any atom is -0.481 e. The fourth-order valence-corrected chi connectivity index (χ4v) is 8.52. The summed E-state index contributed by atoms with van der Waals surface area (Å²) < 4.78 is 6.91. The fraction of sp³-hybridized carbons (Fsp3) is 0.458. The van der Waals surface area contributed by atoms with E-state index in [9.17, 15) is 4.79 Å². The van der Waals surface area contributed by atoms with E-state index in [0.29, 0.717) is 13.0 Å². The number of nitrogens with zero attached hydrogens (tertiary/aromatic N) is 1. The quantitative estimate of drug-likeness (QED) is 0.570. The van der Waals surface area contributed by atoms with Crippen LogP contribution in [-0.4, -0.2) is 50.5 Å². The number of rotatable bonds is 11. The van der Waals surface area contributed by atoms with Gasteiger partial charge in [0, 0.05) is 19.6 Å². The molecule has 1 N–H and O–H groups in total. The van der Waals surface area contributed by atoms with E-state index in [4.69, 9.17) is 9.53 Å². The average molecular weight is 414 g/mol. The van der Waals surface area contributed by atoms with Gasteiger partial charge in [-0.25, -0.2) is 0 Å². The molecule has 0 aliphatic heterocycles. The second kappa shape index (κ2) is 10.7. The first kappa shape index (κ1) is 23.3. The first-order valence-electron chi connectivity index (χ1n) is 10.5. The van der Waals surface area contributed by atoms with E-state index in [1.807, 2.05) is 0 Å². The van der Waals surface area contributed by atoms with Gasteiger partial charge in [0.25, 0.3) is 8.32 Å². The predicted octanol–water partition coefficient (Wildman–Crippen LogP) is 3.75.